The minimum absolute atomic E-state index is 0.0909. The molecule has 0 aliphatic carbocycles. The molecule has 0 spiro atoms. The topological polar surface area (TPSA) is 63.2 Å². The average Bonchev–Trinajstić information content (AvgIpc) is 2.83. The summed E-state index contributed by atoms with van der Waals surface area (Å²) in [6.45, 7) is 0.0472. The number of carbonyl (C=O) groups is 1. The molecule has 0 saturated heterocycles. The van der Waals surface area contributed by atoms with Gasteiger partial charge in [-0.2, -0.15) is 30.7 Å². The third kappa shape index (κ3) is 7.94. The van der Waals surface area contributed by atoms with Crippen LogP contribution in [0.15, 0.2) is 60.8 Å². The summed E-state index contributed by atoms with van der Waals surface area (Å²) in [6.07, 6.45) is -13.2. The quantitative estimate of drug-likeness (QED) is 0.274. The Bertz CT molecular complexity index is 1290. The standard InChI is InChI=1S/C25H20ClF8N3O2/c1-14-2-4-15(5-3-14)11-23(20-7-6-17(26)12-35-20,37-22(38)36-13-24(30,31)32)16-8-18(27)10-19(9-16)39-25(33,34)21(28)29/h2-10,12,21H,11,13H2,1H3,(H2,36,37,38). The third-order valence-corrected chi connectivity index (χ3v) is 5.63. The molecule has 0 bridgehead atoms. The van der Waals surface area contributed by atoms with Crippen LogP contribution in [0.2, 0.25) is 5.02 Å². The van der Waals surface area contributed by atoms with Crippen molar-refractivity contribution in [2.75, 3.05) is 6.54 Å². The van der Waals surface area contributed by atoms with Crippen LogP contribution in [0.25, 0.3) is 0 Å². The highest BCUT2D eigenvalue weighted by molar-refractivity contribution is 6.30. The van der Waals surface area contributed by atoms with E-state index in [1.165, 1.54) is 12.1 Å². The van der Waals surface area contributed by atoms with Gasteiger partial charge in [0.25, 0.3) is 0 Å². The molecule has 210 valence electrons. The number of benzene rings is 2. The summed E-state index contributed by atoms with van der Waals surface area (Å²) in [4.78, 5) is 16.9. The molecule has 14 heteroatoms. The second-order valence-electron chi connectivity index (χ2n) is 8.49. The van der Waals surface area contributed by atoms with Crippen LogP contribution in [0.1, 0.15) is 22.4 Å². The van der Waals surface area contributed by atoms with Crippen molar-refractivity contribution in [1.82, 2.24) is 15.6 Å². The van der Waals surface area contributed by atoms with Gasteiger partial charge in [0.1, 0.15) is 23.7 Å². The third-order valence-electron chi connectivity index (χ3n) is 5.40. The number of alkyl halides is 7. The smallest absolute Gasteiger partial charge is 0.428 e. The zero-order chi connectivity index (χ0) is 29.0. The van der Waals surface area contributed by atoms with E-state index in [1.807, 2.05) is 0 Å². The first-order valence-electron chi connectivity index (χ1n) is 11.1. The van der Waals surface area contributed by atoms with Gasteiger partial charge in [0.15, 0.2) is 0 Å². The molecule has 5 nitrogen and oxygen atoms in total. The number of amides is 2. The van der Waals surface area contributed by atoms with E-state index in [2.05, 4.69) is 15.0 Å². The van der Waals surface area contributed by atoms with Crippen LogP contribution in [0.5, 0.6) is 5.75 Å². The first-order chi connectivity index (χ1) is 18.1. The number of urea groups is 1. The van der Waals surface area contributed by atoms with Crippen molar-refractivity contribution >= 4 is 17.6 Å². The molecule has 1 unspecified atom stereocenters. The lowest BCUT2D eigenvalue weighted by Crippen LogP contribution is -2.53. The van der Waals surface area contributed by atoms with Crippen LogP contribution in [-0.4, -0.2) is 36.3 Å². The fourth-order valence-corrected chi connectivity index (χ4v) is 3.76. The van der Waals surface area contributed by atoms with Gasteiger partial charge in [-0.15, -0.1) is 0 Å². The molecule has 0 radical (unpaired) electrons. The van der Waals surface area contributed by atoms with Crippen LogP contribution >= 0.6 is 11.6 Å². The lowest BCUT2D eigenvalue weighted by Gasteiger charge is -2.36. The van der Waals surface area contributed by atoms with Crippen LogP contribution < -0.4 is 15.4 Å². The summed E-state index contributed by atoms with van der Waals surface area (Å²) >= 11 is 5.92. The second-order valence-corrected chi connectivity index (χ2v) is 8.93. The summed E-state index contributed by atoms with van der Waals surface area (Å²) in [5.74, 6) is -2.26. The summed E-state index contributed by atoms with van der Waals surface area (Å²) in [6, 6.07) is 9.76. The lowest BCUT2D eigenvalue weighted by atomic mass is 9.80. The Hall–Kier alpha value is -3.61. The molecule has 0 fully saturated rings. The first-order valence-corrected chi connectivity index (χ1v) is 11.4. The predicted molar refractivity (Wildman–Crippen MR) is 125 cm³/mol. The van der Waals surface area contributed by atoms with Crippen molar-refractivity contribution in [2.45, 2.75) is 37.6 Å². The second kappa shape index (κ2) is 11.6. The lowest BCUT2D eigenvalue weighted by molar-refractivity contribution is -0.253. The van der Waals surface area contributed by atoms with Gasteiger partial charge in [-0.05, 0) is 42.3 Å². The number of aromatic nitrogens is 1. The van der Waals surface area contributed by atoms with Crippen LogP contribution in [-0.2, 0) is 12.0 Å². The number of pyridine rings is 1. The Morgan fingerprint density at radius 2 is 1.69 bits per heavy atom. The molecule has 0 aliphatic heterocycles. The molecular weight excluding hydrogens is 562 g/mol. The average molecular weight is 582 g/mol. The number of aryl methyl sites for hydroxylation is 1. The molecule has 2 N–H and O–H groups in total. The number of hydrogen-bond acceptors (Lipinski definition) is 3. The Morgan fingerprint density at radius 1 is 1.03 bits per heavy atom. The molecular formula is C25H20ClF8N3O2. The number of nitrogens with one attached hydrogen (secondary N) is 2. The van der Waals surface area contributed by atoms with Gasteiger partial charge >= 0.3 is 24.7 Å². The van der Waals surface area contributed by atoms with Crippen LogP contribution in [0, 0.1) is 12.7 Å². The Kier molecular flexibility index (Phi) is 8.94. The van der Waals surface area contributed by atoms with Gasteiger partial charge in [-0.3, -0.25) is 4.98 Å². The molecule has 3 aromatic rings. The number of hydrogen-bond donors (Lipinski definition) is 2. The van der Waals surface area contributed by atoms with E-state index in [-0.39, 0.29) is 22.7 Å². The van der Waals surface area contributed by atoms with E-state index < -0.39 is 48.4 Å². The number of halogens is 9. The van der Waals surface area contributed by atoms with Gasteiger partial charge in [-0.25, -0.2) is 9.18 Å². The Morgan fingerprint density at radius 3 is 2.26 bits per heavy atom. The Balaban J connectivity index is 2.23. The monoisotopic (exact) mass is 581 g/mol. The van der Waals surface area contributed by atoms with Gasteiger partial charge in [0.2, 0.25) is 0 Å². The summed E-state index contributed by atoms with van der Waals surface area (Å²) < 4.78 is 110. The summed E-state index contributed by atoms with van der Waals surface area (Å²) in [5.41, 5.74) is -1.18. The SMILES string of the molecule is Cc1ccc(CC(NC(=O)NCC(F)(F)F)(c2cc(F)cc(OC(F)(F)C(F)F)c2)c2ccc(Cl)cn2)cc1. The molecule has 1 atom stereocenters. The summed E-state index contributed by atoms with van der Waals surface area (Å²) in [7, 11) is 0. The van der Waals surface area contributed by atoms with Crippen molar-refractivity contribution in [3.05, 3.63) is 94.0 Å². The minimum Gasteiger partial charge on any atom is -0.428 e. The molecule has 39 heavy (non-hydrogen) atoms. The highest BCUT2D eigenvalue weighted by atomic mass is 35.5. The molecule has 1 heterocycles. The molecule has 0 aliphatic rings. The zero-order valence-electron chi connectivity index (χ0n) is 19.9. The first kappa shape index (κ1) is 29.9. The normalized spacial score (nSPS) is 13.6. The van der Waals surface area contributed by atoms with Crippen molar-refractivity contribution in [3.8, 4) is 5.75 Å². The maximum absolute atomic E-state index is 14.7. The molecule has 0 saturated carbocycles. The minimum atomic E-state index is -5.00. The van der Waals surface area contributed by atoms with E-state index in [1.54, 1.807) is 36.5 Å². The number of nitrogens with zero attached hydrogens (tertiary/aromatic N) is 1. The highest BCUT2D eigenvalue weighted by Gasteiger charge is 2.45. The van der Waals surface area contributed by atoms with E-state index >= 15 is 0 Å². The molecule has 3 rings (SSSR count). The van der Waals surface area contributed by atoms with E-state index in [9.17, 15) is 39.9 Å². The fraction of sp³-hybridized carbons (Fsp3) is 0.280. The maximum Gasteiger partial charge on any atom is 0.461 e. The molecule has 1 aromatic heterocycles. The molecule has 2 amide bonds. The van der Waals surface area contributed by atoms with Crippen molar-refractivity contribution in [3.63, 3.8) is 0 Å². The number of carbonyl (C=O) groups excluding carboxylic acids is 1. The van der Waals surface area contributed by atoms with Gasteiger partial charge in [0.05, 0.1) is 10.7 Å². The van der Waals surface area contributed by atoms with E-state index in [0.29, 0.717) is 11.6 Å². The van der Waals surface area contributed by atoms with Gasteiger partial charge in [-0.1, -0.05) is 41.4 Å². The van der Waals surface area contributed by atoms with Crippen molar-refractivity contribution < 1.29 is 44.7 Å². The maximum atomic E-state index is 14.7. The summed E-state index contributed by atoms with van der Waals surface area (Å²) in [5, 5.41) is 4.11. The van der Waals surface area contributed by atoms with E-state index in [4.69, 9.17) is 11.6 Å². The zero-order valence-corrected chi connectivity index (χ0v) is 20.7. The van der Waals surface area contributed by atoms with Crippen molar-refractivity contribution in [1.29, 1.82) is 0 Å². The van der Waals surface area contributed by atoms with Crippen LogP contribution in [0.4, 0.5) is 39.9 Å². The highest BCUT2D eigenvalue weighted by Crippen LogP contribution is 2.37. The Labute approximate surface area is 222 Å². The van der Waals surface area contributed by atoms with Crippen LogP contribution in [0.3, 0.4) is 0 Å². The molecule has 2 aromatic carbocycles. The van der Waals surface area contributed by atoms with Gasteiger partial charge in [0, 0.05) is 18.7 Å². The van der Waals surface area contributed by atoms with Crippen molar-refractivity contribution in [2.24, 2.45) is 0 Å². The van der Waals surface area contributed by atoms with E-state index in [0.717, 1.165) is 23.9 Å². The fourth-order valence-electron chi connectivity index (χ4n) is 3.65. The largest absolute Gasteiger partial charge is 0.461 e. The van der Waals surface area contributed by atoms with Gasteiger partial charge < -0.3 is 15.4 Å². The predicted octanol–water partition coefficient (Wildman–Crippen LogP) is 6.77. The number of ether oxygens (including phenoxy) is 1. The number of rotatable bonds is 9.